The van der Waals surface area contributed by atoms with Crippen LogP contribution in [0, 0.1) is 0 Å². The third-order valence-corrected chi connectivity index (χ3v) is 1.17. The van der Waals surface area contributed by atoms with Gasteiger partial charge in [-0.3, -0.25) is 4.79 Å². The van der Waals surface area contributed by atoms with E-state index in [1.54, 1.807) is 0 Å². The van der Waals surface area contributed by atoms with Crippen molar-refractivity contribution in [3.63, 3.8) is 0 Å². The predicted molar refractivity (Wildman–Crippen MR) is 68.9 cm³/mol. The third-order valence-electron chi connectivity index (χ3n) is 1.17. The van der Waals surface area contributed by atoms with Crippen molar-refractivity contribution in [2.75, 3.05) is 40.0 Å². The molecule has 0 fully saturated rings. The lowest BCUT2D eigenvalue weighted by Crippen LogP contribution is -2.16. The number of likely N-dealkylation sites (N-methyl/N-ethyl adjacent to an activating group) is 1. The second kappa shape index (κ2) is 24.0. The first kappa shape index (κ1) is 20.9. The van der Waals surface area contributed by atoms with Crippen LogP contribution >= 0.6 is 0 Å². The normalized spacial score (nSPS) is 8.38. The monoisotopic (exact) mass is 235 g/mol. The van der Waals surface area contributed by atoms with Crippen LogP contribution in [0.15, 0.2) is 0 Å². The van der Waals surface area contributed by atoms with Gasteiger partial charge in [-0.05, 0) is 14.0 Å². The minimum Gasteiger partial charge on any atom is -0.378 e. The molecule has 16 heavy (non-hydrogen) atoms. The van der Waals surface area contributed by atoms with Crippen molar-refractivity contribution in [2.45, 2.75) is 34.6 Å². The van der Waals surface area contributed by atoms with Crippen LogP contribution in [0.25, 0.3) is 0 Å². The summed E-state index contributed by atoms with van der Waals surface area (Å²) in [4.78, 5) is 10.4. The number of hydrogen-bond donors (Lipinski definition) is 1. The van der Waals surface area contributed by atoms with Crippen LogP contribution < -0.4 is 5.32 Å². The van der Waals surface area contributed by atoms with Crippen molar-refractivity contribution in [3.05, 3.63) is 0 Å². The summed E-state index contributed by atoms with van der Waals surface area (Å²) in [5.74, 6) is 0.0465. The molecule has 4 nitrogen and oxygen atoms in total. The highest BCUT2D eigenvalue weighted by Crippen LogP contribution is 1.78. The molecule has 0 spiro atoms. The number of carbonyl (C=O) groups is 1. The summed E-state index contributed by atoms with van der Waals surface area (Å²) in [6.45, 7) is 12.3. The lowest BCUT2D eigenvalue weighted by molar-refractivity contribution is -0.121. The molecule has 100 valence electrons. The Bertz CT molecular complexity index is 119. The fraction of sp³-hybridized carbons (Fsp3) is 0.917. The second-order valence-corrected chi connectivity index (χ2v) is 2.47. The third kappa shape index (κ3) is 29.2. The smallest absolute Gasteiger partial charge is 0.155 e. The van der Waals surface area contributed by atoms with Crippen LogP contribution in [0.5, 0.6) is 0 Å². The standard InChI is InChI=1S/C8H17NO3.2C2H6/c1-8(10)7-12-6-5-11-4-3-9-2;2*1-2/h9H,3-7H2,1-2H3;2*1-2H3. The summed E-state index contributed by atoms with van der Waals surface area (Å²) in [7, 11) is 1.87. The van der Waals surface area contributed by atoms with Crippen LogP contribution in [-0.4, -0.2) is 45.8 Å². The molecule has 0 aliphatic carbocycles. The molecule has 0 saturated heterocycles. The van der Waals surface area contributed by atoms with E-state index in [0.29, 0.717) is 19.8 Å². The molecule has 0 aliphatic rings. The number of ether oxygens (including phenoxy) is 2. The molecule has 4 heteroatoms. The topological polar surface area (TPSA) is 47.6 Å². The van der Waals surface area contributed by atoms with Crippen LogP contribution in [0.4, 0.5) is 0 Å². The highest BCUT2D eigenvalue weighted by Gasteiger charge is 1.92. The van der Waals surface area contributed by atoms with Crippen LogP contribution in [-0.2, 0) is 14.3 Å². The van der Waals surface area contributed by atoms with E-state index in [1.807, 2.05) is 34.7 Å². The van der Waals surface area contributed by atoms with Crippen molar-refractivity contribution >= 4 is 5.78 Å². The molecule has 0 heterocycles. The van der Waals surface area contributed by atoms with Gasteiger partial charge in [-0.15, -0.1) is 0 Å². The van der Waals surface area contributed by atoms with E-state index < -0.39 is 0 Å². The molecule has 0 amide bonds. The number of nitrogens with one attached hydrogen (secondary N) is 1. The van der Waals surface area contributed by atoms with E-state index in [1.165, 1.54) is 6.92 Å². The van der Waals surface area contributed by atoms with Crippen molar-refractivity contribution < 1.29 is 14.3 Å². The Balaban J connectivity index is -0.000000376. The van der Waals surface area contributed by atoms with Gasteiger partial charge in [0, 0.05) is 6.54 Å². The van der Waals surface area contributed by atoms with Gasteiger partial charge < -0.3 is 14.8 Å². The zero-order valence-corrected chi connectivity index (χ0v) is 11.8. The number of hydrogen-bond acceptors (Lipinski definition) is 4. The number of ketones is 1. The van der Waals surface area contributed by atoms with Crippen molar-refractivity contribution in [1.82, 2.24) is 5.32 Å². The quantitative estimate of drug-likeness (QED) is 0.653. The Labute approximate surface area is 101 Å². The maximum Gasteiger partial charge on any atom is 0.155 e. The Hall–Kier alpha value is -0.450. The van der Waals surface area contributed by atoms with E-state index >= 15 is 0 Å². The van der Waals surface area contributed by atoms with Gasteiger partial charge in [0.15, 0.2) is 5.78 Å². The summed E-state index contributed by atoms with van der Waals surface area (Å²) in [5, 5.41) is 2.96. The molecule has 1 N–H and O–H groups in total. The summed E-state index contributed by atoms with van der Waals surface area (Å²) >= 11 is 0. The highest BCUT2D eigenvalue weighted by atomic mass is 16.5. The number of carbonyl (C=O) groups excluding carboxylic acids is 1. The maximum absolute atomic E-state index is 10.4. The summed E-state index contributed by atoms with van der Waals surface area (Å²) in [6.07, 6.45) is 0. The summed E-state index contributed by atoms with van der Waals surface area (Å²) in [6, 6.07) is 0. The minimum absolute atomic E-state index is 0.0465. The zero-order chi connectivity index (χ0) is 13.2. The lowest BCUT2D eigenvalue weighted by Gasteiger charge is -2.03. The first-order valence-corrected chi connectivity index (χ1v) is 6.07. The summed E-state index contributed by atoms with van der Waals surface area (Å²) in [5.41, 5.74) is 0. The molecule has 0 atom stereocenters. The number of Topliss-reactive ketones (excluding diaryl/α,β-unsaturated/α-hetero) is 1. The molecule has 0 saturated carbocycles. The molecule has 0 aromatic carbocycles. The maximum atomic E-state index is 10.4. The molecule has 0 rings (SSSR count). The first-order chi connectivity index (χ1) is 7.77. The fourth-order valence-electron chi connectivity index (χ4n) is 0.610. The molecule has 0 aromatic rings. The van der Waals surface area contributed by atoms with Gasteiger partial charge in [0.05, 0.1) is 19.8 Å². The van der Waals surface area contributed by atoms with Gasteiger partial charge in [0.2, 0.25) is 0 Å². The Morgan fingerprint density at radius 3 is 1.94 bits per heavy atom. The van der Waals surface area contributed by atoms with E-state index in [2.05, 4.69) is 5.32 Å². The SMILES string of the molecule is CC.CC.CNCCOCCOCC(C)=O. The van der Waals surface area contributed by atoms with Gasteiger partial charge >= 0.3 is 0 Å². The van der Waals surface area contributed by atoms with Crippen molar-refractivity contribution in [1.29, 1.82) is 0 Å². The minimum atomic E-state index is 0.0465. The second-order valence-electron chi connectivity index (χ2n) is 2.47. The Morgan fingerprint density at radius 2 is 1.50 bits per heavy atom. The van der Waals surface area contributed by atoms with Gasteiger partial charge in [0.1, 0.15) is 6.61 Å². The average molecular weight is 235 g/mol. The molecule has 0 radical (unpaired) electrons. The average Bonchev–Trinajstić information content (AvgIpc) is 2.33. The first-order valence-electron chi connectivity index (χ1n) is 6.07. The van der Waals surface area contributed by atoms with Crippen molar-refractivity contribution in [3.8, 4) is 0 Å². The predicted octanol–water partition coefficient (Wildman–Crippen LogP) is 1.88. The van der Waals surface area contributed by atoms with Gasteiger partial charge in [-0.1, -0.05) is 27.7 Å². The zero-order valence-electron chi connectivity index (χ0n) is 11.8. The lowest BCUT2D eigenvalue weighted by atomic mass is 10.5. The van der Waals surface area contributed by atoms with Crippen LogP contribution in [0.2, 0.25) is 0 Å². The molecule has 0 unspecified atom stereocenters. The molecule has 0 bridgehead atoms. The Kier molecular flexibility index (Phi) is 31.4. The van der Waals surface area contributed by atoms with Crippen LogP contribution in [0.1, 0.15) is 34.6 Å². The van der Waals surface area contributed by atoms with Gasteiger partial charge in [-0.25, -0.2) is 0 Å². The largest absolute Gasteiger partial charge is 0.378 e. The molecular formula is C12H29NO3. The molecular weight excluding hydrogens is 206 g/mol. The fourth-order valence-corrected chi connectivity index (χ4v) is 0.610. The van der Waals surface area contributed by atoms with Crippen LogP contribution in [0.3, 0.4) is 0 Å². The van der Waals surface area contributed by atoms with E-state index in [9.17, 15) is 4.79 Å². The van der Waals surface area contributed by atoms with Gasteiger partial charge in [0.25, 0.3) is 0 Å². The van der Waals surface area contributed by atoms with E-state index in [4.69, 9.17) is 9.47 Å². The number of rotatable bonds is 8. The summed E-state index contributed by atoms with van der Waals surface area (Å²) < 4.78 is 10.1. The van der Waals surface area contributed by atoms with E-state index in [0.717, 1.165) is 6.54 Å². The van der Waals surface area contributed by atoms with Crippen molar-refractivity contribution in [2.24, 2.45) is 0 Å². The molecule has 0 aromatic heterocycles. The van der Waals surface area contributed by atoms with E-state index in [-0.39, 0.29) is 12.4 Å². The molecule has 0 aliphatic heterocycles. The highest BCUT2D eigenvalue weighted by molar-refractivity contribution is 5.76. The Morgan fingerprint density at radius 1 is 1.00 bits per heavy atom. The van der Waals surface area contributed by atoms with Gasteiger partial charge in [-0.2, -0.15) is 0 Å².